The molecule has 26 heavy (non-hydrogen) atoms. The molecule has 1 heterocycles. The van der Waals surface area contributed by atoms with Crippen LogP contribution in [0.15, 0.2) is 59.6 Å². The number of hydrogen-bond donors (Lipinski definition) is 0. The van der Waals surface area contributed by atoms with Gasteiger partial charge in [0.25, 0.3) is 0 Å². The lowest BCUT2D eigenvalue weighted by molar-refractivity contribution is -0.0842. The summed E-state index contributed by atoms with van der Waals surface area (Å²) in [5.41, 5.74) is 2.93. The van der Waals surface area contributed by atoms with Crippen molar-refractivity contribution in [1.29, 1.82) is 0 Å². The fourth-order valence-electron chi connectivity index (χ4n) is 2.45. The molecule has 0 aliphatic carbocycles. The third kappa shape index (κ3) is 4.91. The molecule has 0 aliphatic rings. The Morgan fingerprint density at radius 3 is 2.35 bits per heavy atom. The molecule has 0 saturated heterocycles. The summed E-state index contributed by atoms with van der Waals surface area (Å²) >= 11 is 1.60. The molecular weight excluding hydrogens is 349 g/mol. The van der Waals surface area contributed by atoms with Crippen LogP contribution in [-0.4, -0.2) is 31.2 Å². The van der Waals surface area contributed by atoms with Gasteiger partial charge in [0.1, 0.15) is 5.82 Å². The van der Waals surface area contributed by atoms with Crippen LogP contribution >= 0.6 is 11.8 Å². The first-order valence-electron chi connectivity index (χ1n) is 8.21. The van der Waals surface area contributed by atoms with E-state index in [9.17, 15) is 4.39 Å². The van der Waals surface area contributed by atoms with Gasteiger partial charge in [-0.2, -0.15) is 0 Å². The second-order valence-electron chi connectivity index (χ2n) is 5.70. The first-order valence-corrected chi connectivity index (χ1v) is 9.19. The molecule has 0 fully saturated rings. The molecule has 0 saturated carbocycles. The zero-order chi connectivity index (χ0) is 18.4. The number of nitrogens with zero attached hydrogens (tertiary/aromatic N) is 1. The van der Waals surface area contributed by atoms with Crippen LogP contribution in [0.4, 0.5) is 4.39 Å². The SMILES string of the molecule is COC(CSc1ccc2ccc(/C=C/c3ccc(F)cc3)cc2n1)OC. The van der Waals surface area contributed by atoms with Gasteiger partial charge in [0, 0.05) is 19.6 Å². The van der Waals surface area contributed by atoms with E-state index in [0.29, 0.717) is 5.75 Å². The van der Waals surface area contributed by atoms with E-state index in [-0.39, 0.29) is 12.1 Å². The quantitative estimate of drug-likeness (QED) is 0.323. The number of ether oxygens (including phenoxy) is 2. The van der Waals surface area contributed by atoms with E-state index in [0.717, 1.165) is 27.1 Å². The summed E-state index contributed by atoms with van der Waals surface area (Å²) in [7, 11) is 3.25. The summed E-state index contributed by atoms with van der Waals surface area (Å²) in [6.07, 6.45) is 3.71. The van der Waals surface area contributed by atoms with E-state index < -0.39 is 0 Å². The monoisotopic (exact) mass is 369 g/mol. The first kappa shape index (κ1) is 18.6. The molecule has 5 heteroatoms. The number of hydrogen-bond acceptors (Lipinski definition) is 4. The second-order valence-corrected chi connectivity index (χ2v) is 6.74. The molecule has 0 bridgehead atoms. The van der Waals surface area contributed by atoms with Crippen LogP contribution in [0.3, 0.4) is 0 Å². The lowest BCUT2D eigenvalue weighted by atomic mass is 10.1. The number of benzene rings is 2. The second kappa shape index (κ2) is 8.94. The lowest BCUT2D eigenvalue weighted by Crippen LogP contribution is -2.15. The van der Waals surface area contributed by atoms with Crippen LogP contribution in [0.25, 0.3) is 23.1 Å². The van der Waals surface area contributed by atoms with Gasteiger partial charge in [-0.1, -0.05) is 42.5 Å². The molecule has 0 atom stereocenters. The molecule has 2 aromatic carbocycles. The highest BCUT2D eigenvalue weighted by Gasteiger charge is 2.07. The van der Waals surface area contributed by atoms with Gasteiger partial charge in [0.15, 0.2) is 6.29 Å². The van der Waals surface area contributed by atoms with E-state index in [1.807, 2.05) is 36.4 Å². The molecule has 3 nitrogen and oxygen atoms in total. The Morgan fingerprint density at radius 1 is 0.962 bits per heavy atom. The average molecular weight is 369 g/mol. The van der Waals surface area contributed by atoms with E-state index in [4.69, 9.17) is 14.5 Å². The van der Waals surface area contributed by atoms with Crippen LogP contribution in [0, 0.1) is 5.82 Å². The molecule has 0 radical (unpaired) electrons. The fraction of sp³-hybridized carbons (Fsp3) is 0.190. The van der Waals surface area contributed by atoms with Crippen molar-refractivity contribution in [2.75, 3.05) is 20.0 Å². The maximum absolute atomic E-state index is 13.0. The van der Waals surface area contributed by atoms with Gasteiger partial charge in [-0.15, -0.1) is 11.8 Å². The smallest absolute Gasteiger partial charge is 0.166 e. The third-order valence-corrected chi connectivity index (χ3v) is 4.88. The normalized spacial score (nSPS) is 11.7. The molecule has 3 aromatic rings. The van der Waals surface area contributed by atoms with Crippen LogP contribution < -0.4 is 0 Å². The van der Waals surface area contributed by atoms with Gasteiger partial charge in [0.05, 0.1) is 16.3 Å². The van der Waals surface area contributed by atoms with Crippen molar-refractivity contribution in [2.45, 2.75) is 11.3 Å². The molecule has 0 unspecified atom stereocenters. The van der Waals surface area contributed by atoms with Crippen LogP contribution in [0.5, 0.6) is 0 Å². The Balaban J connectivity index is 1.77. The summed E-state index contributed by atoms with van der Waals surface area (Å²) in [5, 5.41) is 2.01. The summed E-state index contributed by atoms with van der Waals surface area (Å²) in [4.78, 5) is 4.71. The van der Waals surface area contributed by atoms with Gasteiger partial charge in [-0.3, -0.25) is 0 Å². The third-order valence-electron chi connectivity index (χ3n) is 3.92. The Labute approximate surface area is 156 Å². The van der Waals surface area contributed by atoms with Crippen molar-refractivity contribution < 1.29 is 13.9 Å². The molecule has 1 aromatic heterocycles. The van der Waals surface area contributed by atoms with Gasteiger partial charge in [-0.05, 0) is 35.4 Å². The zero-order valence-corrected chi connectivity index (χ0v) is 15.5. The highest BCUT2D eigenvalue weighted by atomic mass is 32.2. The highest BCUT2D eigenvalue weighted by molar-refractivity contribution is 7.99. The van der Waals surface area contributed by atoms with Gasteiger partial charge < -0.3 is 9.47 Å². The minimum atomic E-state index is -0.248. The lowest BCUT2D eigenvalue weighted by Gasteiger charge is -2.12. The summed E-state index contributed by atoms with van der Waals surface area (Å²) in [5.74, 6) is 0.446. The highest BCUT2D eigenvalue weighted by Crippen LogP contribution is 2.23. The van der Waals surface area contributed by atoms with Gasteiger partial charge in [0.2, 0.25) is 0 Å². The number of methoxy groups -OCH3 is 2. The van der Waals surface area contributed by atoms with Crippen molar-refractivity contribution in [3.63, 3.8) is 0 Å². The molecule has 134 valence electrons. The minimum absolute atomic E-state index is 0.230. The molecule has 3 rings (SSSR count). The topological polar surface area (TPSA) is 31.4 Å². The van der Waals surface area contributed by atoms with E-state index in [1.165, 1.54) is 12.1 Å². The standard InChI is InChI=1S/C21H20FNO2S/c1-24-21(25-2)14-26-20-12-9-17-8-5-16(13-19(17)23-20)4-3-15-6-10-18(22)11-7-15/h3-13,21H,14H2,1-2H3/b4-3+. The number of rotatable bonds is 7. The number of aromatic nitrogens is 1. The number of fused-ring (bicyclic) bond motifs is 1. The Hall–Kier alpha value is -2.21. The Bertz CT molecular complexity index is 892. The predicted octanol–water partition coefficient (Wildman–Crippen LogP) is 5.26. The van der Waals surface area contributed by atoms with Crippen LogP contribution in [0.2, 0.25) is 0 Å². The molecule has 0 spiro atoms. The van der Waals surface area contributed by atoms with E-state index in [2.05, 4.69) is 6.07 Å². The fourth-order valence-corrected chi connectivity index (χ4v) is 3.36. The van der Waals surface area contributed by atoms with Crippen LogP contribution in [-0.2, 0) is 9.47 Å². The number of halogens is 1. The summed E-state index contributed by atoms with van der Waals surface area (Å²) < 4.78 is 23.4. The van der Waals surface area contributed by atoms with Crippen molar-refractivity contribution in [3.05, 3.63) is 71.5 Å². The van der Waals surface area contributed by atoms with Crippen molar-refractivity contribution >= 4 is 34.8 Å². The Morgan fingerprint density at radius 2 is 1.62 bits per heavy atom. The van der Waals surface area contributed by atoms with Crippen molar-refractivity contribution in [2.24, 2.45) is 0 Å². The van der Waals surface area contributed by atoms with E-state index >= 15 is 0 Å². The van der Waals surface area contributed by atoms with Crippen molar-refractivity contribution in [1.82, 2.24) is 4.98 Å². The first-order chi connectivity index (χ1) is 12.7. The van der Waals surface area contributed by atoms with Gasteiger partial charge >= 0.3 is 0 Å². The minimum Gasteiger partial charge on any atom is -0.355 e. The molecule has 0 amide bonds. The number of thioether (sulfide) groups is 1. The Kier molecular flexibility index (Phi) is 6.39. The summed E-state index contributed by atoms with van der Waals surface area (Å²) in [6, 6.07) is 16.6. The van der Waals surface area contributed by atoms with Crippen LogP contribution in [0.1, 0.15) is 11.1 Å². The predicted molar refractivity (Wildman–Crippen MR) is 106 cm³/mol. The van der Waals surface area contributed by atoms with E-state index in [1.54, 1.807) is 38.1 Å². The average Bonchev–Trinajstić information content (AvgIpc) is 2.68. The molecule has 0 N–H and O–H groups in total. The summed E-state index contributed by atoms with van der Waals surface area (Å²) in [6.45, 7) is 0. The van der Waals surface area contributed by atoms with Crippen molar-refractivity contribution in [3.8, 4) is 0 Å². The zero-order valence-electron chi connectivity index (χ0n) is 14.7. The largest absolute Gasteiger partial charge is 0.355 e. The maximum Gasteiger partial charge on any atom is 0.166 e. The number of pyridine rings is 1. The van der Waals surface area contributed by atoms with Gasteiger partial charge in [-0.25, -0.2) is 9.37 Å². The molecular formula is C21H20FNO2S. The molecule has 0 aliphatic heterocycles. The maximum atomic E-state index is 13.0.